The highest BCUT2D eigenvalue weighted by Gasteiger charge is 2.45. The Labute approximate surface area is 281 Å². The average molecular weight is 661 g/mol. The van der Waals surface area contributed by atoms with Gasteiger partial charge in [0.25, 0.3) is 0 Å². The molecule has 9 heteroatoms. The molecule has 0 bridgehead atoms. The van der Waals surface area contributed by atoms with Gasteiger partial charge in [0.2, 0.25) is 0 Å². The van der Waals surface area contributed by atoms with Crippen molar-refractivity contribution in [2.45, 2.75) is 63.9 Å². The molecule has 0 unspecified atom stereocenters. The number of benzene rings is 4. The Balaban J connectivity index is 1.21. The molecule has 0 saturated carbocycles. The van der Waals surface area contributed by atoms with Crippen LogP contribution in [-0.2, 0) is 34.0 Å². The van der Waals surface area contributed by atoms with Crippen molar-refractivity contribution in [2.24, 2.45) is 5.92 Å². The highest BCUT2D eigenvalue weighted by Crippen LogP contribution is 2.36. The summed E-state index contributed by atoms with van der Waals surface area (Å²) >= 11 is 0. The summed E-state index contributed by atoms with van der Waals surface area (Å²) in [6, 6.07) is 36.8. The van der Waals surface area contributed by atoms with E-state index < -0.39 is 6.36 Å². The van der Waals surface area contributed by atoms with Crippen LogP contribution in [0.1, 0.15) is 30.0 Å². The van der Waals surface area contributed by atoms with Crippen molar-refractivity contribution in [3.8, 4) is 5.75 Å². The maximum absolute atomic E-state index is 13.2. The molecular weight excluding hydrogens is 617 g/mol. The van der Waals surface area contributed by atoms with Gasteiger partial charge in [0.05, 0.1) is 31.6 Å². The monoisotopic (exact) mass is 660 g/mol. The van der Waals surface area contributed by atoms with Gasteiger partial charge in [0.15, 0.2) is 5.75 Å². The van der Waals surface area contributed by atoms with E-state index in [4.69, 9.17) is 14.2 Å². The summed E-state index contributed by atoms with van der Waals surface area (Å²) in [7, 11) is 0. The number of rotatable bonds is 13. The first-order valence-electron chi connectivity index (χ1n) is 16.6. The van der Waals surface area contributed by atoms with Crippen molar-refractivity contribution in [3.05, 3.63) is 132 Å². The van der Waals surface area contributed by atoms with Gasteiger partial charge in [0, 0.05) is 32.2 Å². The van der Waals surface area contributed by atoms with Crippen LogP contribution in [0, 0.1) is 5.92 Å². The lowest BCUT2D eigenvalue weighted by molar-refractivity contribution is -0.274. The smallest absolute Gasteiger partial charge is 0.404 e. The first-order chi connectivity index (χ1) is 23.3. The van der Waals surface area contributed by atoms with Gasteiger partial charge < -0.3 is 23.8 Å². The van der Waals surface area contributed by atoms with Crippen LogP contribution < -0.4 is 9.64 Å². The van der Waals surface area contributed by atoms with E-state index >= 15 is 0 Å². The topological polar surface area (TPSA) is 43.4 Å². The first kappa shape index (κ1) is 34.0. The summed E-state index contributed by atoms with van der Waals surface area (Å²) < 4.78 is 63.9. The SMILES string of the molecule is C[C@@H]1[C@@H](OCc2ccccc2)[C@H](OCc2ccccc2)[C@@H](OCc2ccccc2)CN1C[C@H]1CCN(c2ccccc2OC(F)(F)F)C1. The van der Waals surface area contributed by atoms with Crippen molar-refractivity contribution in [3.63, 3.8) is 0 Å². The molecule has 2 aliphatic heterocycles. The van der Waals surface area contributed by atoms with E-state index in [1.54, 1.807) is 18.2 Å². The minimum absolute atomic E-state index is 0.000889. The molecule has 2 saturated heterocycles. The number of hydrogen-bond acceptors (Lipinski definition) is 6. The zero-order valence-electron chi connectivity index (χ0n) is 27.2. The van der Waals surface area contributed by atoms with Crippen LogP contribution in [0.15, 0.2) is 115 Å². The molecule has 2 fully saturated rings. The lowest BCUT2D eigenvalue weighted by Gasteiger charge is -2.48. The second kappa shape index (κ2) is 16.0. The molecule has 0 radical (unpaired) electrons. The Morgan fingerprint density at radius 3 is 1.75 bits per heavy atom. The second-order valence-electron chi connectivity index (χ2n) is 12.7. The highest BCUT2D eigenvalue weighted by atomic mass is 19.4. The normalized spacial score (nSPS) is 23.3. The van der Waals surface area contributed by atoms with Gasteiger partial charge in [-0.1, -0.05) is 103 Å². The molecule has 6 nitrogen and oxygen atoms in total. The lowest BCUT2D eigenvalue weighted by Crippen LogP contribution is -2.63. The molecule has 0 aliphatic carbocycles. The zero-order chi connectivity index (χ0) is 33.3. The second-order valence-corrected chi connectivity index (χ2v) is 12.7. The van der Waals surface area contributed by atoms with Crippen molar-refractivity contribution in [1.29, 1.82) is 0 Å². The summed E-state index contributed by atoms with van der Waals surface area (Å²) in [5.41, 5.74) is 3.71. The molecule has 4 aromatic carbocycles. The van der Waals surface area contributed by atoms with Gasteiger partial charge in [-0.05, 0) is 48.1 Å². The third-order valence-corrected chi connectivity index (χ3v) is 9.24. The fourth-order valence-corrected chi connectivity index (χ4v) is 6.79. The van der Waals surface area contributed by atoms with Gasteiger partial charge in [-0.25, -0.2) is 0 Å². The third kappa shape index (κ3) is 9.17. The van der Waals surface area contributed by atoms with Crippen molar-refractivity contribution < 1.29 is 32.1 Å². The Bertz CT molecular complexity index is 1540. The number of alkyl halides is 3. The summed E-state index contributed by atoms with van der Waals surface area (Å²) in [5.74, 6) is 0.0666. The van der Waals surface area contributed by atoms with Crippen LogP contribution in [0.4, 0.5) is 18.9 Å². The van der Waals surface area contributed by atoms with Gasteiger partial charge in [-0.15, -0.1) is 13.2 Å². The summed E-state index contributed by atoms with van der Waals surface area (Å²) in [4.78, 5) is 4.42. The minimum atomic E-state index is -4.75. The Hall–Kier alpha value is -3.89. The summed E-state index contributed by atoms with van der Waals surface area (Å²) in [6.07, 6.45) is -4.79. The number of ether oxygens (including phenoxy) is 4. The number of likely N-dealkylation sites (tertiary alicyclic amines) is 1. The van der Waals surface area contributed by atoms with E-state index in [0.717, 1.165) is 29.7 Å². The molecule has 2 aliphatic rings. The fourth-order valence-electron chi connectivity index (χ4n) is 6.79. The summed E-state index contributed by atoms with van der Waals surface area (Å²) in [5, 5.41) is 0. The molecule has 2 heterocycles. The van der Waals surface area contributed by atoms with Crippen LogP contribution in [0.5, 0.6) is 5.75 Å². The molecule has 4 aromatic rings. The summed E-state index contributed by atoms with van der Waals surface area (Å²) in [6.45, 7) is 6.17. The van der Waals surface area contributed by atoms with Crippen LogP contribution in [0.2, 0.25) is 0 Å². The van der Waals surface area contributed by atoms with Crippen LogP contribution in [0.3, 0.4) is 0 Å². The Morgan fingerprint density at radius 2 is 1.17 bits per heavy atom. The van der Waals surface area contributed by atoms with Crippen LogP contribution in [0.25, 0.3) is 0 Å². The number of piperidine rings is 1. The largest absolute Gasteiger partial charge is 0.573 e. The number of anilines is 1. The number of halogens is 3. The van der Waals surface area contributed by atoms with Gasteiger partial charge in [-0.3, -0.25) is 4.90 Å². The average Bonchev–Trinajstić information content (AvgIpc) is 3.56. The molecule has 6 rings (SSSR count). The van der Waals surface area contributed by atoms with E-state index in [-0.39, 0.29) is 36.0 Å². The van der Waals surface area contributed by atoms with Gasteiger partial charge >= 0.3 is 6.36 Å². The van der Waals surface area contributed by atoms with Crippen LogP contribution >= 0.6 is 0 Å². The van der Waals surface area contributed by atoms with Gasteiger partial charge in [-0.2, -0.15) is 0 Å². The Kier molecular flexibility index (Phi) is 11.3. The van der Waals surface area contributed by atoms with E-state index in [2.05, 4.69) is 53.0 Å². The molecule has 0 amide bonds. The molecule has 0 N–H and O–H groups in total. The van der Waals surface area contributed by atoms with E-state index in [1.165, 1.54) is 6.07 Å². The predicted octanol–water partition coefficient (Wildman–Crippen LogP) is 7.87. The maximum atomic E-state index is 13.2. The standard InChI is InChI=1S/C39H43F3N2O4/c1-29-37(46-27-31-15-7-3-8-16-31)38(47-28-32-17-9-4-10-18-32)36(45-26-30-13-5-2-6-14-30)25-44(29)24-33-21-22-43(23-33)34-19-11-12-20-35(34)48-39(40,41)42/h2-20,29,33,36-38H,21-28H2,1H3/t29-,33+,36+,37-,38-/m1/s1. The Morgan fingerprint density at radius 1 is 0.646 bits per heavy atom. The van der Waals surface area contributed by atoms with Crippen molar-refractivity contribution >= 4 is 5.69 Å². The van der Waals surface area contributed by atoms with E-state index in [1.807, 2.05) is 59.5 Å². The molecule has 254 valence electrons. The van der Waals surface area contributed by atoms with E-state index in [9.17, 15) is 13.2 Å². The lowest BCUT2D eigenvalue weighted by atomic mass is 9.92. The molecule has 48 heavy (non-hydrogen) atoms. The number of hydrogen-bond donors (Lipinski definition) is 0. The van der Waals surface area contributed by atoms with Crippen LogP contribution in [-0.4, -0.2) is 61.8 Å². The number of para-hydroxylation sites is 2. The predicted molar refractivity (Wildman–Crippen MR) is 180 cm³/mol. The van der Waals surface area contributed by atoms with Gasteiger partial charge in [0.1, 0.15) is 12.2 Å². The molecule has 0 aromatic heterocycles. The molecule has 5 atom stereocenters. The van der Waals surface area contributed by atoms with E-state index in [0.29, 0.717) is 45.1 Å². The first-order valence-corrected chi connectivity index (χ1v) is 16.6. The van der Waals surface area contributed by atoms with Crippen molar-refractivity contribution in [1.82, 2.24) is 4.90 Å². The minimum Gasteiger partial charge on any atom is -0.404 e. The third-order valence-electron chi connectivity index (χ3n) is 9.24. The highest BCUT2D eigenvalue weighted by molar-refractivity contribution is 5.59. The van der Waals surface area contributed by atoms with Crippen molar-refractivity contribution in [2.75, 3.05) is 31.1 Å². The molecule has 0 spiro atoms. The number of nitrogens with zero attached hydrogens (tertiary/aromatic N) is 2. The quantitative estimate of drug-likeness (QED) is 0.146. The zero-order valence-corrected chi connectivity index (χ0v) is 27.2. The maximum Gasteiger partial charge on any atom is 0.573 e. The fraction of sp³-hybridized carbons (Fsp3) is 0.385. The molecular formula is C39H43F3N2O4.